The number of carbonyl (C=O) groups is 1. The van der Waals surface area contributed by atoms with Crippen molar-refractivity contribution in [2.24, 2.45) is 0 Å². The van der Waals surface area contributed by atoms with Crippen LogP contribution < -0.4 is 4.74 Å². The summed E-state index contributed by atoms with van der Waals surface area (Å²) >= 11 is 0. The average molecular weight is 301 g/mol. The number of rotatable bonds is 4. The first-order valence-corrected chi connectivity index (χ1v) is 8.24. The summed E-state index contributed by atoms with van der Waals surface area (Å²) < 4.78 is 5.68. The van der Waals surface area contributed by atoms with Gasteiger partial charge in [-0.05, 0) is 70.7 Å². The maximum atomic E-state index is 12.5. The van der Waals surface area contributed by atoms with Crippen molar-refractivity contribution < 1.29 is 9.53 Å². The maximum absolute atomic E-state index is 12.5. The Morgan fingerprint density at radius 3 is 2.59 bits per heavy atom. The molecule has 22 heavy (non-hydrogen) atoms. The van der Waals surface area contributed by atoms with Gasteiger partial charge in [-0.3, -0.25) is 4.79 Å². The highest BCUT2D eigenvalue weighted by molar-refractivity contribution is 5.92. The van der Waals surface area contributed by atoms with Crippen molar-refractivity contribution >= 4 is 12.0 Å². The monoisotopic (exact) mass is 301 g/mol. The van der Waals surface area contributed by atoms with Crippen molar-refractivity contribution in [2.75, 3.05) is 0 Å². The minimum atomic E-state index is 0.106. The molecule has 0 spiro atoms. The maximum Gasteiger partial charge on any atom is 0.247 e. The molecular weight excluding hydrogens is 274 g/mol. The highest BCUT2D eigenvalue weighted by atomic mass is 16.5. The molecule has 1 heterocycles. The van der Waals surface area contributed by atoms with E-state index in [-0.39, 0.29) is 12.0 Å². The Balaban J connectivity index is 2.06. The fourth-order valence-electron chi connectivity index (χ4n) is 3.07. The second-order valence-corrected chi connectivity index (χ2v) is 6.45. The Labute approximate surface area is 134 Å². The molecule has 3 heteroatoms. The van der Waals surface area contributed by atoms with Crippen LogP contribution in [-0.2, 0) is 4.79 Å². The van der Waals surface area contributed by atoms with E-state index in [0.717, 1.165) is 24.2 Å². The van der Waals surface area contributed by atoms with E-state index in [0.29, 0.717) is 12.1 Å². The zero-order chi connectivity index (χ0) is 16.1. The van der Waals surface area contributed by atoms with Crippen molar-refractivity contribution in [3.05, 3.63) is 35.9 Å². The molecule has 2 rings (SSSR count). The first-order valence-electron chi connectivity index (χ1n) is 8.24. The number of benzene rings is 1. The Morgan fingerprint density at radius 2 is 1.95 bits per heavy atom. The van der Waals surface area contributed by atoms with Crippen LogP contribution in [0.5, 0.6) is 5.75 Å². The van der Waals surface area contributed by atoms with Crippen LogP contribution in [0.3, 0.4) is 0 Å². The van der Waals surface area contributed by atoms with Gasteiger partial charge in [-0.2, -0.15) is 0 Å². The minimum Gasteiger partial charge on any atom is -0.491 e. The van der Waals surface area contributed by atoms with E-state index in [9.17, 15) is 4.79 Å². The van der Waals surface area contributed by atoms with E-state index in [1.165, 1.54) is 6.42 Å². The first-order chi connectivity index (χ1) is 10.5. The van der Waals surface area contributed by atoms with Gasteiger partial charge >= 0.3 is 0 Å². The summed E-state index contributed by atoms with van der Waals surface area (Å²) in [7, 11) is 0. The molecule has 1 aliphatic rings. The summed E-state index contributed by atoms with van der Waals surface area (Å²) in [5.74, 6) is 0.944. The number of piperidine rings is 1. The largest absolute Gasteiger partial charge is 0.491 e. The van der Waals surface area contributed by atoms with Gasteiger partial charge in [0.2, 0.25) is 5.91 Å². The Hall–Kier alpha value is -1.77. The Kier molecular flexibility index (Phi) is 5.64. The molecule has 0 saturated carbocycles. The summed E-state index contributed by atoms with van der Waals surface area (Å²) in [6.45, 7) is 8.29. The van der Waals surface area contributed by atoms with Crippen molar-refractivity contribution in [3.8, 4) is 5.75 Å². The van der Waals surface area contributed by atoms with Crippen LogP contribution >= 0.6 is 0 Å². The number of ether oxygens (including phenoxy) is 1. The molecule has 1 saturated heterocycles. The van der Waals surface area contributed by atoms with Crippen molar-refractivity contribution in [2.45, 2.75) is 65.1 Å². The quantitative estimate of drug-likeness (QED) is 0.777. The van der Waals surface area contributed by atoms with Gasteiger partial charge in [0.15, 0.2) is 0 Å². The Bertz CT molecular complexity index is 526. The molecule has 2 atom stereocenters. The third kappa shape index (κ3) is 4.36. The van der Waals surface area contributed by atoms with Gasteiger partial charge in [0.1, 0.15) is 5.75 Å². The third-order valence-electron chi connectivity index (χ3n) is 4.10. The van der Waals surface area contributed by atoms with E-state index < -0.39 is 0 Å². The third-order valence-corrected chi connectivity index (χ3v) is 4.10. The molecular formula is C19H27NO2. The number of nitrogens with zero attached hydrogens (tertiary/aromatic N) is 1. The summed E-state index contributed by atoms with van der Waals surface area (Å²) in [5, 5.41) is 0. The lowest BCUT2D eigenvalue weighted by Crippen LogP contribution is -2.46. The topological polar surface area (TPSA) is 29.5 Å². The number of likely N-dealkylation sites (tertiary alicyclic amines) is 1. The van der Waals surface area contributed by atoms with Crippen LogP contribution in [-0.4, -0.2) is 29.0 Å². The lowest BCUT2D eigenvalue weighted by Gasteiger charge is -2.38. The van der Waals surface area contributed by atoms with Crippen molar-refractivity contribution in [1.82, 2.24) is 4.90 Å². The first kappa shape index (κ1) is 16.6. The van der Waals surface area contributed by atoms with Crippen LogP contribution in [0.4, 0.5) is 0 Å². The van der Waals surface area contributed by atoms with Crippen LogP contribution in [0.25, 0.3) is 6.08 Å². The molecule has 0 bridgehead atoms. The predicted molar refractivity (Wildman–Crippen MR) is 90.9 cm³/mol. The highest BCUT2D eigenvalue weighted by Crippen LogP contribution is 2.23. The fraction of sp³-hybridized carbons (Fsp3) is 0.526. The van der Waals surface area contributed by atoms with Crippen LogP contribution in [0.15, 0.2) is 30.3 Å². The molecule has 1 amide bonds. The van der Waals surface area contributed by atoms with Crippen molar-refractivity contribution in [1.29, 1.82) is 0 Å². The molecule has 3 nitrogen and oxygen atoms in total. The van der Waals surface area contributed by atoms with E-state index in [1.54, 1.807) is 6.08 Å². The molecule has 1 fully saturated rings. The SMILES string of the molecule is CC(C)Oc1cccc(/C=C/C(=O)N2C(C)CCCC2C)c1. The molecule has 0 radical (unpaired) electrons. The summed E-state index contributed by atoms with van der Waals surface area (Å²) in [6, 6.07) is 8.50. The number of hydrogen-bond acceptors (Lipinski definition) is 2. The van der Waals surface area contributed by atoms with Crippen LogP contribution in [0.2, 0.25) is 0 Å². The molecule has 1 aliphatic heterocycles. The fourth-order valence-corrected chi connectivity index (χ4v) is 3.07. The average Bonchev–Trinajstić information content (AvgIpc) is 2.44. The van der Waals surface area contributed by atoms with Gasteiger partial charge in [0.25, 0.3) is 0 Å². The normalized spacial score (nSPS) is 22.3. The van der Waals surface area contributed by atoms with Gasteiger partial charge in [0.05, 0.1) is 6.10 Å². The zero-order valence-electron chi connectivity index (χ0n) is 14.1. The van der Waals surface area contributed by atoms with Gasteiger partial charge in [-0.1, -0.05) is 12.1 Å². The number of carbonyl (C=O) groups excluding carboxylic acids is 1. The molecule has 0 N–H and O–H groups in total. The standard InChI is InChI=1S/C19H27NO2/c1-14(2)22-18-10-6-9-17(13-18)11-12-19(21)20-15(3)7-5-8-16(20)4/h6,9-16H,5,7-8H2,1-4H3/b12-11+. The van der Waals surface area contributed by atoms with Crippen molar-refractivity contribution in [3.63, 3.8) is 0 Å². The summed E-state index contributed by atoms with van der Waals surface area (Å²) in [4.78, 5) is 14.5. The Morgan fingerprint density at radius 1 is 1.27 bits per heavy atom. The number of hydrogen-bond donors (Lipinski definition) is 0. The zero-order valence-corrected chi connectivity index (χ0v) is 14.1. The summed E-state index contributed by atoms with van der Waals surface area (Å²) in [6.07, 6.45) is 7.13. The van der Waals surface area contributed by atoms with Crippen LogP contribution in [0.1, 0.15) is 52.5 Å². The number of amides is 1. The minimum absolute atomic E-state index is 0.106. The van der Waals surface area contributed by atoms with E-state index in [2.05, 4.69) is 13.8 Å². The van der Waals surface area contributed by atoms with Gasteiger partial charge in [-0.15, -0.1) is 0 Å². The second-order valence-electron chi connectivity index (χ2n) is 6.45. The lowest BCUT2D eigenvalue weighted by atomic mass is 9.97. The molecule has 120 valence electrons. The van der Waals surface area contributed by atoms with E-state index in [1.807, 2.05) is 49.1 Å². The van der Waals surface area contributed by atoms with E-state index in [4.69, 9.17) is 4.74 Å². The molecule has 0 aliphatic carbocycles. The smallest absolute Gasteiger partial charge is 0.247 e. The predicted octanol–water partition coefficient (Wildman–Crippen LogP) is 4.28. The van der Waals surface area contributed by atoms with Gasteiger partial charge in [-0.25, -0.2) is 0 Å². The highest BCUT2D eigenvalue weighted by Gasteiger charge is 2.27. The molecule has 0 aromatic heterocycles. The van der Waals surface area contributed by atoms with Gasteiger partial charge < -0.3 is 9.64 Å². The molecule has 2 unspecified atom stereocenters. The van der Waals surface area contributed by atoms with Crippen LogP contribution in [0, 0.1) is 0 Å². The summed E-state index contributed by atoms with van der Waals surface area (Å²) in [5.41, 5.74) is 0.990. The van der Waals surface area contributed by atoms with Gasteiger partial charge in [0, 0.05) is 18.2 Å². The lowest BCUT2D eigenvalue weighted by molar-refractivity contribution is -0.131. The molecule has 1 aromatic rings. The van der Waals surface area contributed by atoms with E-state index >= 15 is 0 Å². The second kappa shape index (κ2) is 7.48. The molecule has 1 aromatic carbocycles.